The smallest absolute Gasteiger partial charge is 0.248 e. The van der Waals surface area contributed by atoms with E-state index in [0.717, 1.165) is 12.8 Å². The number of nitrogens with one attached hydrogen (secondary N) is 2. The summed E-state index contributed by atoms with van der Waals surface area (Å²) in [5, 5.41) is 13.9. The van der Waals surface area contributed by atoms with E-state index >= 15 is 0 Å². The van der Waals surface area contributed by atoms with Crippen LogP contribution in [0, 0.1) is 17.2 Å². The number of nitrogens with zero attached hydrogens (tertiary/aromatic N) is 1. The third-order valence-electron chi connectivity index (χ3n) is 3.87. The number of para-hydroxylation sites is 2. The Balaban J connectivity index is 1.96. The van der Waals surface area contributed by atoms with Gasteiger partial charge in [0.25, 0.3) is 0 Å². The molecular formula is C18H21N3O2. The van der Waals surface area contributed by atoms with Gasteiger partial charge in [-0.1, -0.05) is 37.5 Å². The van der Waals surface area contributed by atoms with Crippen LogP contribution in [0.25, 0.3) is 0 Å². The molecule has 5 nitrogen and oxygen atoms in total. The van der Waals surface area contributed by atoms with Crippen molar-refractivity contribution in [1.82, 2.24) is 0 Å². The minimum absolute atomic E-state index is 0.211. The summed E-state index contributed by atoms with van der Waals surface area (Å²) in [5.74, 6) is -0.121. The average molecular weight is 311 g/mol. The molecule has 5 heteroatoms. The molecule has 0 bridgehead atoms. The van der Waals surface area contributed by atoms with Gasteiger partial charge in [0.1, 0.15) is 6.42 Å². The number of rotatable bonds is 5. The molecule has 0 aromatic heterocycles. The van der Waals surface area contributed by atoms with Crippen LogP contribution in [0.15, 0.2) is 36.4 Å². The zero-order valence-corrected chi connectivity index (χ0v) is 13.0. The Kier molecular flexibility index (Phi) is 6.37. The first-order chi connectivity index (χ1) is 11.2. The summed E-state index contributed by atoms with van der Waals surface area (Å²) < 4.78 is 0. The van der Waals surface area contributed by atoms with Crippen LogP contribution in [-0.4, -0.2) is 11.8 Å². The van der Waals surface area contributed by atoms with Crippen molar-refractivity contribution in [2.24, 2.45) is 5.92 Å². The lowest BCUT2D eigenvalue weighted by Gasteiger charge is -2.17. The van der Waals surface area contributed by atoms with E-state index in [9.17, 15) is 9.59 Å². The van der Waals surface area contributed by atoms with Crippen LogP contribution in [0.4, 0.5) is 11.4 Å². The third kappa shape index (κ3) is 5.59. The van der Waals surface area contributed by atoms with Gasteiger partial charge >= 0.3 is 0 Å². The van der Waals surface area contributed by atoms with Gasteiger partial charge in [-0.3, -0.25) is 9.59 Å². The van der Waals surface area contributed by atoms with Crippen LogP contribution in [0.1, 0.15) is 38.5 Å². The maximum Gasteiger partial charge on any atom is 0.248 e. The quantitative estimate of drug-likeness (QED) is 0.815. The predicted octanol–water partition coefficient (Wildman–Crippen LogP) is 3.61. The van der Waals surface area contributed by atoms with E-state index in [1.165, 1.54) is 19.3 Å². The van der Waals surface area contributed by atoms with Crippen LogP contribution in [0.3, 0.4) is 0 Å². The van der Waals surface area contributed by atoms with E-state index in [1.54, 1.807) is 36.4 Å². The summed E-state index contributed by atoms with van der Waals surface area (Å²) in [5.41, 5.74) is 1.02. The van der Waals surface area contributed by atoms with Crippen molar-refractivity contribution < 1.29 is 9.59 Å². The van der Waals surface area contributed by atoms with Gasteiger partial charge in [0.15, 0.2) is 0 Å². The van der Waals surface area contributed by atoms with Crippen molar-refractivity contribution in [3.8, 4) is 6.07 Å². The Morgan fingerprint density at radius 3 is 2.43 bits per heavy atom. The highest BCUT2D eigenvalue weighted by atomic mass is 16.2. The van der Waals surface area contributed by atoms with Crippen LogP contribution in [-0.2, 0) is 9.59 Å². The van der Waals surface area contributed by atoms with Gasteiger partial charge in [0.2, 0.25) is 11.8 Å². The second-order valence-corrected chi connectivity index (χ2v) is 5.68. The van der Waals surface area contributed by atoms with Gasteiger partial charge in [-0.05, 0) is 37.0 Å². The van der Waals surface area contributed by atoms with E-state index < -0.39 is 5.91 Å². The van der Waals surface area contributed by atoms with Crippen molar-refractivity contribution in [2.75, 3.05) is 10.6 Å². The normalized spacial score (nSPS) is 15.1. The Morgan fingerprint density at radius 2 is 1.78 bits per heavy atom. The molecule has 1 aliphatic carbocycles. The Labute approximate surface area is 136 Å². The van der Waals surface area contributed by atoms with Gasteiger partial charge < -0.3 is 10.6 Å². The minimum atomic E-state index is -0.396. The highest BCUT2D eigenvalue weighted by Gasteiger charge is 2.11. The zero-order valence-electron chi connectivity index (χ0n) is 13.0. The van der Waals surface area contributed by atoms with Gasteiger partial charge in [0.05, 0.1) is 17.4 Å². The van der Waals surface area contributed by atoms with Gasteiger partial charge in [-0.2, -0.15) is 5.26 Å². The SMILES string of the molecule is N#CCC(=O)Nc1ccccc1NC(=O)/C=C/C1CCCCC1. The number of hydrogen-bond donors (Lipinski definition) is 2. The van der Waals surface area contributed by atoms with E-state index in [4.69, 9.17) is 5.26 Å². The van der Waals surface area contributed by atoms with Crippen LogP contribution in [0.5, 0.6) is 0 Å². The van der Waals surface area contributed by atoms with E-state index in [2.05, 4.69) is 10.6 Å². The molecule has 2 N–H and O–H groups in total. The zero-order chi connectivity index (χ0) is 16.5. The molecule has 1 aromatic rings. The number of benzene rings is 1. The molecule has 2 amide bonds. The molecule has 0 aliphatic heterocycles. The Hall–Kier alpha value is -2.61. The molecule has 120 valence electrons. The molecule has 0 spiro atoms. The second-order valence-electron chi connectivity index (χ2n) is 5.68. The molecule has 0 saturated heterocycles. The number of anilines is 2. The number of carbonyl (C=O) groups is 2. The fraction of sp³-hybridized carbons (Fsp3) is 0.389. The van der Waals surface area contributed by atoms with Crippen LogP contribution < -0.4 is 10.6 Å². The lowest BCUT2D eigenvalue weighted by molar-refractivity contribution is -0.115. The molecule has 0 unspecified atom stereocenters. The maximum atomic E-state index is 12.1. The molecule has 23 heavy (non-hydrogen) atoms. The van der Waals surface area contributed by atoms with Gasteiger partial charge in [-0.25, -0.2) is 0 Å². The third-order valence-corrected chi connectivity index (χ3v) is 3.87. The summed E-state index contributed by atoms with van der Waals surface area (Å²) in [4.78, 5) is 23.6. The first kappa shape index (κ1) is 16.8. The standard InChI is InChI=1S/C18H21N3O2/c19-13-12-18(23)21-16-9-5-4-8-15(16)20-17(22)11-10-14-6-2-1-3-7-14/h4-5,8-11,14H,1-3,6-7,12H2,(H,20,22)(H,21,23)/b11-10+. The summed E-state index contributed by atoms with van der Waals surface area (Å²) >= 11 is 0. The molecule has 0 atom stereocenters. The number of allylic oxidation sites excluding steroid dienone is 1. The molecule has 1 aromatic carbocycles. The number of nitriles is 1. The predicted molar refractivity (Wildman–Crippen MR) is 89.6 cm³/mol. The second kappa shape index (κ2) is 8.74. The summed E-state index contributed by atoms with van der Waals surface area (Å²) in [6.07, 6.45) is 9.36. The number of hydrogen-bond acceptors (Lipinski definition) is 3. The summed E-state index contributed by atoms with van der Waals surface area (Å²) in [6.45, 7) is 0. The maximum absolute atomic E-state index is 12.1. The minimum Gasteiger partial charge on any atom is -0.323 e. The average Bonchev–Trinajstić information content (AvgIpc) is 2.56. The molecule has 1 saturated carbocycles. The summed E-state index contributed by atoms with van der Waals surface area (Å²) in [6, 6.07) is 8.74. The summed E-state index contributed by atoms with van der Waals surface area (Å²) in [7, 11) is 0. The van der Waals surface area contributed by atoms with Crippen molar-refractivity contribution in [3.63, 3.8) is 0 Å². The molecule has 0 radical (unpaired) electrons. The molecule has 0 heterocycles. The largest absolute Gasteiger partial charge is 0.323 e. The first-order valence-electron chi connectivity index (χ1n) is 7.94. The highest BCUT2D eigenvalue weighted by molar-refractivity contribution is 6.03. The van der Waals surface area contributed by atoms with Crippen LogP contribution in [0.2, 0.25) is 0 Å². The van der Waals surface area contributed by atoms with Crippen molar-refractivity contribution >= 4 is 23.2 Å². The van der Waals surface area contributed by atoms with Crippen molar-refractivity contribution in [2.45, 2.75) is 38.5 Å². The van der Waals surface area contributed by atoms with Crippen LogP contribution >= 0.6 is 0 Å². The van der Waals surface area contributed by atoms with E-state index in [1.807, 2.05) is 6.08 Å². The Bertz CT molecular complexity index is 625. The number of carbonyl (C=O) groups excluding carboxylic acids is 2. The number of amides is 2. The molecule has 1 aliphatic rings. The monoisotopic (exact) mass is 311 g/mol. The molecule has 1 fully saturated rings. The Morgan fingerprint density at radius 1 is 1.13 bits per heavy atom. The lowest BCUT2D eigenvalue weighted by atomic mass is 9.89. The van der Waals surface area contributed by atoms with Crippen molar-refractivity contribution in [3.05, 3.63) is 36.4 Å². The van der Waals surface area contributed by atoms with E-state index in [-0.39, 0.29) is 12.3 Å². The fourth-order valence-corrected chi connectivity index (χ4v) is 2.69. The van der Waals surface area contributed by atoms with Gasteiger partial charge in [-0.15, -0.1) is 0 Å². The molecular weight excluding hydrogens is 290 g/mol. The first-order valence-corrected chi connectivity index (χ1v) is 7.94. The van der Waals surface area contributed by atoms with E-state index in [0.29, 0.717) is 17.3 Å². The van der Waals surface area contributed by atoms with Crippen molar-refractivity contribution in [1.29, 1.82) is 5.26 Å². The van der Waals surface area contributed by atoms with Gasteiger partial charge in [0, 0.05) is 0 Å². The highest BCUT2D eigenvalue weighted by Crippen LogP contribution is 2.25. The topological polar surface area (TPSA) is 82.0 Å². The fourth-order valence-electron chi connectivity index (χ4n) is 2.69. The molecule has 2 rings (SSSR count). The lowest BCUT2D eigenvalue weighted by Crippen LogP contribution is -2.15.